The van der Waals surface area contributed by atoms with Crippen LogP contribution in [-0.4, -0.2) is 34.8 Å². The number of hydrogen-bond acceptors (Lipinski definition) is 2. The molecule has 2 atom stereocenters. The summed E-state index contributed by atoms with van der Waals surface area (Å²) >= 11 is 0. The normalized spacial score (nSPS) is 31.9. The summed E-state index contributed by atoms with van der Waals surface area (Å²) in [5.74, 6) is 2.56. The van der Waals surface area contributed by atoms with Crippen LogP contribution in [0.2, 0.25) is 0 Å². The van der Waals surface area contributed by atoms with E-state index in [4.69, 9.17) is 0 Å². The summed E-state index contributed by atoms with van der Waals surface area (Å²) in [7, 11) is 4.25. The molecule has 1 aromatic heterocycles. The molecule has 2 fully saturated rings. The van der Waals surface area contributed by atoms with Gasteiger partial charge < -0.3 is 4.90 Å². The van der Waals surface area contributed by atoms with E-state index in [0.717, 1.165) is 17.8 Å². The smallest absolute Gasteiger partial charge is 0.0664 e. The number of rotatable bonds is 1. The van der Waals surface area contributed by atoms with Crippen molar-refractivity contribution in [2.45, 2.75) is 26.7 Å². The number of likely N-dealkylation sites (tertiary alicyclic amines) is 1. The quantitative estimate of drug-likeness (QED) is 0.723. The lowest BCUT2D eigenvalue weighted by Gasteiger charge is -2.11. The Labute approximate surface area is 98.4 Å². The van der Waals surface area contributed by atoms with Crippen LogP contribution in [0.3, 0.4) is 0 Å². The molecule has 90 valence electrons. The third-order valence-corrected chi connectivity index (χ3v) is 3.85. The Kier molecular flexibility index (Phi) is 3.06. The average Bonchev–Trinajstić information content (AvgIpc) is 2.60. The van der Waals surface area contributed by atoms with Gasteiger partial charge in [-0.1, -0.05) is 13.8 Å². The molecule has 3 heteroatoms. The van der Waals surface area contributed by atoms with Crippen LogP contribution in [0.5, 0.6) is 0 Å². The van der Waals surface area contributed by atoms with Crippen LogP contribution in [0.25, 0.3) is 0 Å². The summed E-state index contributed by atoms with van der Waals surface area (Å²) in [6.45, 7) is 8.66. The predicted octanol–water partition coefficient (Wildman–Crippen LogP) is 2.03. The monoisotopic (exact) mass is 221 g/mol. The first-order valence-corrected chi connectivity index (χ1v) is 6.36. The largest absolute Gasteiger partial charge is 0.306 e. The highest BCUT2D eigenvalue weighted by Gasteiger charge is 2.56. The van der Waals surface area contributed by atoms with E-state index < -0.39 is 0 Å². The number of piperidine rings is 1. The molecule has 1 aliphatic carbocycles. The molecule has 2 heterocycles. The van der Waals surface area contributed by atoms with Crippen molar-refractivity contribution < 1.29 is 0 Å². The molecule has 0 amide bonds. The van der Waals surface area contributed by atoms with Gasteiger partial charge in [-0.3, -0.25) is 4.68 Å². The highest BCUT2D eigenvalue weighted by atomic mass is 15.3. The first kappa shape index (κ1) is 11.6. The van der Waals surface area contributed by atoms with E-state index in [1.807, 2.05) is 25.6 Å². The van der Waals surface area contributed by atoms with Gasteiger partial charge in [0.15, 0.2) is 0 Å². The van der Waals surface area contributed by atoms with Crippen molar-refractivity contribution in [1.82, 2.24) is 14.7 Å². The maximum absolute atomic E-state index is 4.58. The number of hydrogen-bond donors (Lipinski definition) is 0. The Hall–Kier alpha value is -0.830. The molecule has 0 aromatic carbocycles. The predicted molar refractivity (Wildman–Crippen MR) is 66.5 cm³/mol. The minimum absolute atomic E-state index is 0.770. The first-order valence-electron chi connectivity index (χ1n) is 6.36. The van der Waals surface area contributed by atoms with Crippen LogP contribution in [0, 0.1) is 18.8 Å². The number of aromatic nitrogens is 2. The van der Waals surface area contributed by atoms with E-state index in [1.165, 1.54) is 24.5 Å². The van der Waals surface area contributed by atoms with Crippen LogP contribution in [-0.2, 0) is 7.05 Å². The Morgan fingerprint density at radius 1 is 1.19 bits per heavy atom. The summed E-state index contributed by atoms with van der Waals surface area (Å²) < 4.78 is 1.99. The lowest BCUT2D eigenvalue weighted by Crippen LogP contribution is -2.18. The molecule has 1 saturated heterocycles. The first-order chi connectivity index (χ1) is 7.66. The summed E-state index contributed by atoms with van der Waals surface area (Å²) in [6, 6.07) is 2.25. The minimum atomic E-state index is 0.770. The van der Waals surface area contributed by atoms with Crippen molar-refractivity contribution in [3.05, 3.63) is 17.5 Å². The van der Waals surface area contributed by atoms with Gasteiger partial charge in [0.2, 0.25) is 0 Å². The summed E-state index contributed by atoms with van der Waals surface area (Å²) in [4.78, 5) is 2.43. The molecular weight excluding hydrogens is 198 g/mol. The van der Waals surface area contributed by atoms with Gasteiger partial charge in [0, 0.05) is 31.7 Å². The van der Waals surface area contributed by atoms with Gasteiger partial charge in [-0.15, -0.1) is 0 Å². The third-order valence-electron chi connectivity index (χ3n) is 3.85. The standard InChI is InChI=1S/C11H17N3.C2H6/c1-7-4-10(12-14(7)3)11-8-5-13(2)6-9(8)11;1-2/h4,8-9,11H,5-6H2,1-3H3;1-2H3. The van der Waals surface area contributed by atoms with E-state index in [2.05, 4.69) is 30.0 Å². The zero-order valence-corrected chi connectivity index (χ0v) is 11.1. The molecule has 0 radical (unpaired) electrons. The van der Waals surface area contributed by atoms with Crippen molar-refractivity contribution in [1.29, 1.82) is 0 Å². The zero-order valence-electron chi connectivity index (χ0n) is 11.1. The molecule has 0 bridgehead atoms. The lowest BCUT2D eigenvalue weighted by molar-refractivity contribution is 0.361. The molecule has 1 aromatic rings. The van der Waals surface area contributed by atoms with Crippen LogP contribution in [0.15, 0.2) is 6.07 Å². The molecule has 2 aliphatic rings. The average molecular weight is 221 g/mol. The van der Waals surface area contributed by atoms with Crippen molar-refractivity contribution in [2.24, 2.45) is 18.9 Å². The topological polar surface area (TPSA) is 21.1 Å². The maximum atomic E-state index is 4.58. The fraction of sp³-hybridized carbons (Fsp3) is 0.769. The van der Waals surface area contributed by atoms with Crippen LogP contribution in [0.1, 0.15) is 31.2 Å². The number of nitrogens with zero attached hydrogens (tertiary/aromatic N) is 3. The molecule has 1 saturated carbocycles. The number of fused-ring (bicyclic) bond motifs is 1. The molecule has 3 nitrogen and oxygen atoms in total. The summed E-state index contributed by atoms with van der Waals surface area (Å²) in [5, 5.41) is 4.58. The molecule has 2 unspecified atom stereocenters. The highest BCUT2D eigenvalue weighted by Crippen LogP contribution is 2.57. The van der Waals surface area contributed by atoms with Crippen LogP contribution in [0.4, 0.5) is 0 Å². The molecule has 16 heavy (non-hydrogen) atoms. The Balaban J connectivity index is 0.000000457. The van der Waals surface area contributed by atoms with Gasteiger partial charge in [-0.25, -0.2) is 0 Å². The Morgan fingerprint density at radius 2 is 1.75 bits per heavy atom. The van der Waals surface area contributed by atoms with Crippen molar-refractivity contribution >= 4 is 0 Å². The molecule has 0 spiro atoms. The van der Waals surface area contributed by atoms with E-state index in [-0.39, 0.29) is 0 Å². The number of aryl methyl sites for hydroxylation is 2. The van der Waals surface area contributed by atoms with Crippen molar-refractivity contribution in [3.8, 4) is 0 Å². The molecule has 1 aliphatic heterocycles. The van der Waals surface area contributed by atoms with E-state index >= 15 is 0 Å². The molecular formula is C13H23N3. The van der Waals surface area contributed by atoms with E-state index in [1.54, 1.807) is 0 Å². The van der Waals surface area contributed by atoms with Gasteiger partial charge in [-0.05, 0) is 31.9 Å². The fourth-order valence-corrected chi connectivity index (χ4v) is 2.93. The summed E-state index contributed by atoms with van der Waals surface area (Å²) in [6.07, 6.45) is 0. The third kappa shape index (κ3) is 1.77. The second kappa shape index (κ2) is 4.21. The van der Waals surface area contributed by atoms with Gasteiger partial charge in [-0.2, -0.15) is 5.10 Å². The van der Waals surface area contributed by atoms with Gasteiger partial charge in [0.05, 0.1) is 5.69 Å². The van der Waals surface area contributed by atoms with Gasteiger partial charge in [0.25, 0.3) is 0 Å². The van der Waals surface area contributed by atoms with Crippen LogP contribution >= 0.6 is 0 Å². The second-order valence-corrected chi connectivity index (χ2v) is 4.91. The second-order valence-electron chi connectivity index (χ2n) is 4.91. The Morgan fingerprint density at radius 3 is 2.19 bits per heavy atom. The Bertz CT molecular complexity index is 338. The van der Waals surface area contributed by atoms with Crippen molar-refractivity contribution in [3.63, 3.8) is 0 Å². The summed E-state index contributed by atoms with van der Waals surface area (Å²) in [5.41, 5.74) is 2.60. The molecule has 3 rings (SSSR count). The zero-order chi connectivity index (χ0) is 11.9. The van der Waals surface area contributed by atoms with E-state index in [0.29, 0.717) is 0 Å². The minimum Gasteiger partial charge on any atom is -0.306 e. The van der Waals surface area contributed by atoms with Crippen molar-refractivity contribution in [2.75, 3.05) is 20.1 Å². The maximum Gasteiger partial charge on any atom is 0.0664 e. The lowest BCUT2D eigenvalue weighted by atomic mass is 10.2. The fourth-order valence-electron chi connectivity index (χ4n) is 2.93. The molecule has 0 N–H and O–H groups in total. The van der Waals surface area contributed by atoms with Gasteiger partial charge >= 0.3 is 0 Å². The van der Waals surface area contributed by atoms with E-state index in [9.17, 15) is 0 Å². The van der Waals surface area contributed by atoms with Crippen LogP contribution < -0.4 is 0 Å². The highest BCUT2D eigenvalue weighted by molar-refractivity contribution is 5.26. The SMILES string of the molecule is CC.Cc1cc(C2C3CN(C)CC32)nn1C. The van der Waals surface area contributed by atoms with Gasteiger partial charge in [0.1, 0.15) is 0 Å².